The number of rotatable bonds is 4. The van der Waals surface area contributed by atoms with Crippen LogP contribution in [0.25, 0.3) is 0 Å². The molecule has 1 aliphatic heterocycles. The fourth-order valence-corrected chi connectivity index (χ4v) is 4.35. The van der Waals surface area contributed by atoms with Crippen molar-refractivity contribution in [3.63, 3.8) is 0 Å². The molecule has 1 amide bonds. The van der Waals surface area contributed by atoms with Crippen LogP contribution in [0.15, 0.2) is 24.3 Å². The molecule has 6 nitrogen and oxygen atoms in total. The van der Waals surface area contributed by atoms with Gasteiger partial charge in [0, 0.05) is 24.8 Å². The third kappa shape index (κ3) is 5.27. The Morgan fingerprint density at radius 2 is 1.82 bits per heavy atom. The topological polar surface area (TPSA) is 87.3 Å². The van der Waals surface area contributed by atoms with Crippen molar-refractivity contribution in [2.75, 3.05) is 28.7 Å². The second-order valence-corrected chi connectivity index (χ2v) is 8.00. The van der Waals surface area contributed by atoms with Crippen LogP contribution >= 0.6 is 12.2 Å². The summed E-state index contributed by atoms with van der Waals surface area (Å²) >= 11 is 5.19. The van der Waals surface area contributed by atoms with Gasteiger partial charge in [-0.25, -0.2) is 8.42 Å². The Kier molecular flexibility index (Phi) is 5.36. The molecule has 0 aliphatic carbocycles. The van der Waals surface area contributed by atoms with E-state index >= 15 is 0 Å². The number of sulfone groups is 1. The minimum atomic E-state index is -2.86. The van der Waals surface area contributed by atoms with E-state index < -0.39 is 9.84 Å². The molecule has 0 radical (unpaired) electrons. The van der Waals surface area contributed by atoms with Crippen LogP contribution in [0.5, 0.6) is 0 Å². The van der Waals surface area contributed by atoms with Gasteiger partial charge in [-0.15, -0.1) is 0 Å². The third-order valence-corrected chi connectivity index (χ3v) is 5.42. The van der Waals surface area contributed by atoms with Crippen LogP contribution in [0.1, 0.15) is 13.3 Å². The highest BCUT2D eigenvalue weighted by Crippen LogP contribution is 2.17. The second-order valence-electron chi connectivity index (χ2n) is 5.36. The van der Waals surface area contributed by atoms with Crippen molar-refractivity contribution in [3.8, 4) is 0 Å². The van der Waals surface area contributed by atoms with Crippen LogP contribution in [0.4, 0.5) is 11.4 Å². The van der Waals surface area contributed by atoms with Gasteiger partial charge in [-0.2, -0.15) is 0 Å². The number of benzene rings is 1. The summed E-state index contributed by atoms with van der Waals surface area (Å²) in [5, 5.41) is 9.21. The number of anilines is 2. The van der Waals surface area contributed by atoms with Crippen molar-refractivity contribution >= 4 is 44.4 Å². The highest BCUT2D eigenvalue weighted by Gasteiger charge is 2.27. The SMILES string of the molecule is CC(=O)Nc1ccc(NC(=S)NCC2CCS(=O)(=O)C2)cc1. The summed E-state index contributed by atoms with van der Waals surface area (Å²) in [6.45, 7) is 2.00. The lowest BCUT2D eigenvalue weighted by molar-refractivity contribution is -0.114. The van der Waals surface area contributed by atoms with Gasteiger partial charge in [0.1, 0.15) is 0 Å². The third-order valence-electron chi connectivity index (χ3n) is 3.34. The van der Waals surface area contributed by atoms with Gasteiger partial charge in [-0.1, -0.05) is 0 Å². The maximum Gasteiger partial charge on any atom is 0.221 e. The molecule has 22 heavy (non-hydrogen) atoms. The first kappa shape index (κ1) is 16.7. The Hall–Kier alpha value is -1.67. The zero-order chi connectivity index (χ0) is 16.2. The van der Waals surface area contributed by atoms with Gasteiger partial charge >= 0.3 is 0 Å². The number of carbonyl (C=O) groups is 1. The summed E-state index contributed by atoms with van der Waals surface area (Å²) in [7, 11) is -2.86. The van der Waals surface area contributed by atoms with Crippen molar-refractivity contribution < 1.29 is 13.2 Å². The molecule has 1 heterocycles. The van der Waals surface area contributed by atoms with Gasteiger partial charge in [0.2, 0.25) is 5.91 Å². The van der Waals surface area contributed by atoms with E-state index in [-0.39, 0.29) is 23.3 Å². The minimum absolute atomic E-state index is 0.117. The molecule has 120 valence electrons. The van der Waals surface area contributed by atoms with Crippen LogP contribution in [-0.4, -0.2) is 37.5 Å². The van der Waals surface area contributed by atoms with E-state index in [4.69, 9.17) is 12.2 Å². The summed E-state index contributed by atoms with van der Waals surface area (Å²) in [6, 6.07) is 7.16. The van der Waals surface area contributed by atoms with E-state index in [0.29, 0.717) is 23.8 Å². The zero-order valence-corrected chi connectivity index (χ0v) is 13.9. The molecule has 1 aromatic carbocycles. The van der Waals surface area contributed by atoms with Crippen LogP contribution in [-0.2, 0) is 14.6 Å². The first-order chi connectivity index (χ1) is 10.3. The maximum atomic E-state index is 11.4. The number of hydrogen-bond acceptors (Lipinski definition) is 4. The number of amides is 1. The van der Waals surface area contributed by atoms with Crippen molar-refractivity contribution in [1.82, 2.24) is 5.32 Å². The molecule has 1 saturated heterocycles. The molecule has 0 spiro atoms. The molecule has 8 heteroatoms. The Bertz CT molecular complexity index is 656. The lowest BCUT2D eigenvalue weighted by atomic mass is 10.1. The number of thiocarbonyl (C=S) groups is 1. The second kappa shape index (κ2) is 7.06. The monoisotopic (exact) mass is 341 g/mol. The van der Waals surface area contributed by atoms with Gasteiger partial charge in [0.25, 0.3) is 0 Å². The Morgan fingerprint density at radius 1 is 1.23 bits per heavy atom. The number of nitrogens with one attached hydrogen (secondary N) is 3. The summed E-state index contributed by atoms with van der Waals surface area (Å²) in [5.41, 5.74) is 1.51. The van der Waals surface area contributed by atoms with E-state index in [1.54, 1.807) is 24.3 Å². The standard InChI is InChI=1S/C14H19N3O3S2/c1-10(18)16-12-2-4-13(5-3-12)17-14(21)15-8-11-6-7-22(19,20)9-11/h2-5,11H,6-9H2,1H3,(H,16,18)(H2,15,17,21). The van der Waals surface area contributed by atoms with E-state index in [1.165, 1.54) is 6.92 Å². The fourth-order valence-electron chi connectivity index (χ4n) is 2.29. The smallest absolute Gasteiger partial charge is 0.221 e. The van der Waals surface area contributed by atoms with Crippen molar-refractivity contribution in [2.45, 2.75) is 13.3 Å². The van der Waals surface area contributed by atoms with E-state index in [0.717, 1.165) is 5.69 Å². The highest BCUT2D eigenvalue weighted by atomic mass is 32.2. The fraction of sp³-hybridized carbons (Fsp3) is 0.429. The Balaban J connectivity index is 1.78. The van der Waals surface area contributed by atoms with E-state index in [2.05, 4.69) is 16.0 Å². The molecule has 0 aromatic heterocycles. The van der Waals surface area contributed by atoms with Crippen LogP contribution < -0.4 is 16.0 Å². The van der Waals surface area contributed by atoms with Gasteiger partial charge in [0.05, 0.1) is 11.5 Å². The van der Waals surface area contributed by atoms with Gasteiger partial charge in [0.15, 0.2) is 14.9 Å². The molecule has 2 rings (SSSR count). The highest BCUT2D eigenvalue weighted by molar-refractivity contribution is 7.91. The largest absolute Gasteiger partial charge is 0.362 e. The molecular weight excluding hydrogens is 322 g/mol. The minimum Gasteiger partial charge on any atom is -0.362 e. The predicted molar refractivity (Wildman–Crippen MR) is 91.7 cm³/mol. The summed E-state index contributed by atoms with van der Waals surface area (Å²) < 4.78 is 22.8. The molecule has 3 N–H and O–H groups in total. The van der Waals surface area contributed by atoms with Gasteiger partial charge in [-0.3, -0.25) is 4.79 Å². The van der Waals surface area contributed by atoms with Crippen LogP contribution in [0.2, 0.25) is 0 Å². The van der Waals surface area contributed by atoms with Gasteiger partial charge in [-0.05, 0) is 48.8 Å². The average molecular weight is 341 g/mol. The molecular formula is C14H19N3O3S2. The number of carbonyl (C=O) groups excluding carboxylic acids is 1. The van der Waals surface area contributed by atoms with E-state index in [1.807, 2.05) is 0 Å². The predicted octanol–water partition coefficient (Wildman–Crippen LogP) is 1.37. The Labute approximate surface area is 135 Å². The van der Waals surface area contributed by atoms with Crippen molar-refractivity contribution in [1.29, 1.82) is 0 Å². The lowest BCUT2D eigenvalue weighted by Gasteiger charge is -2.13. The van der Waals surface area contributed by atoms with Crippen LogP contribution in [0.3, 0.4) is 0 Å². The van der Waals surface area contributed by atoms with Crippen molar-refractivity contribution in [2.24, 2.45) is 5.92 Å². The summed E-state index contributed by atoms with van der Waals surface area (Å²) in [5.74, 6) is 0.495. The molecule has 1 aliphatic rings. The zero-order valence-electron chi connectivity index (χ0n) is 12.3. The average Bonchev–Trinajstić information content (AvgIpc) is 2.78. The normalized spacial score (nSPS) is 19.4. The maximum absolute atomic E-state index is 11.4. The quantitative estimate of drug-likeness (QED) is 0.717. The van der Waals surface area contributed by atoms with E-state index in [9.17, 15) is 13.2 Å². The first-order valence-electron chi connectivity index (χ1n) is 6.97. The molecule has 0 bridgehead atoms. The van der Waals surface area contributed by atoms with Crippen LogP contribution in [0, 0.1) is 5.92 Å². The molecule has 1 unspecified atom stereocenters. The summed E-state index contributed by atoms with van der Waals surface area (Å²) in [6.07, 6.45) is 0.684. The molecule has 0 saturated carbocycles. The van der Waals surface area contributed by atoms with Gasteiger partial charge < -0.3 is 16.0 Å². The first-order valence-corrected chi connectivity index (χ1v) is 9.20. The van der Waals surface area contributed by atoms with Crippen molar-refractivity contribution in [3.05, 3.63) is 24.3 Å². The lowest BCUT2D eigenvalue weighted by Crippen LogP contribution is -2.33. The summed E-state index contributed by atoms with van der Waals surface area (Å²) in [4.78, 5) is 10.9. The molecule has 1 fully saturated rings. The Morgan fingerprint density at radius 3 is 2.32 bits per heavy atom. The molecule has 1 atom stereocenters. The molecule has 1 aromatic rings. The number of hydrogen-bond donors (Lipinski definition) is 3.